The Morgan fingerprint density at radius 2 is 2.11 bits per heavy atom. The van der Waals surface area contributed by atoms with Crippen LogP contribution in [0.25, 0.3) is 0 Å². The second-order valence-corrected chi connectivity index (χ2v) is 4.89. The molecule has 0 aliphatic rings. The van der Waals surface area contributed by atoms with Crippen molar-refractivity contribution >= 4 is 5.71 Å². The van der Waals surface area contributed by atoms with E-state index in [9.17, 15) is 4.39 Å². The van der Waals surface area contributed by atoms with Gasteiger partial charge in [0.25, 0.3) is 0 Å². The molecule has 0 saturated heterocycles. The minimum absolute atomic E-state index is 0.298. The first-order valence-corrected chi connectivity index (χ1v) is 6.06. The predicted molar refractivity (Wildman–Crippen MR) is 71.6 cm³/mol. The van der Waals surface area contributed by atoms with Gasteiger partial charge in [0.2, 0.25) is 0 Å². The van der Waals surface area contributed by atoms with E-state index in [2.05, 4.69) is 5.16 Å². The molecule has 19 heavy (non-hydrogen) atoms. The normalized spacial score (nSPS) is 12.6. The van der Waals surface area contributed by atoms with Crippen molar-refractivity contribution < 1.29 is 19.1 Å². The van der Waals surface area contributed by atoms with Gasteiger partial charge in [-0.05, 0) is 32.9 Å². The molecule has 1 rings (SSSR count). The van der Waals surface area contributed by atoms with Crippen molar-refractivity contribution in [2.24, 2.45) is 5.16 Å². The number of benzene rings is 1. The van der Waals surface area contributed by atoms with Gasteiger partial charge < -0.3 is 14.7 Å². The molecular weight excluding hydrogens is 249 g/mol. The topological polar surface area (TPSA) is 51.0 Å². The molecular formula is C14H20FNO3. The van der Waals surface area contributed by atoms with Crippen LogP contribution < -0.4 is 4.74 Å². The summed E-state index contributed by atoms with van der Waals surface area (Å²) in [6, 6.07) is 4.11. The molecule has 4 nitrogen and oxygen atoms in total. The van der Waals surface area contributed by atoms with Gasteiger partial charge in [-0.15, -0.1) is 0 Å². The Kier molecular flexibility index (Phi) is 5.30. The van der Waals surface area contributed by atoms with Gasteiger partial charge in [-0.2, -0.15) is 0 Å². The molecule has 0 unspecified atom stereocenters. The summed E-state index contributed by atoms with van der Waals surface area (Å²) in [6.45, 7) is 5.90. The van der Waals surface area contributed by atoms with Crippen LogP contribution >= 0.6 is 0 Å². The highest BCUT2D eigenvalue weighted by Crippen LogP contribution is 2.22. The molecule has 0 bridgehead atoms. The van der Waals surface area contributed by atoms with Gasteiger partial charge >= 0.3 is 0 Å². The summed E-state index contributed by atoms with van der Waals surface area (Å²) in [6.07, 6.45) is 0.661. The fourth-order valence-corrected chi connectivity index (χ4v) is 1.48. The predicted octanol–water partition coefficient (Wildman–Crippen LogP) is 3.22. The van der Waals surface area contributed by atoms with Crippen molar-refractivity contribution in [2.75, 3.05) is 13.7 Å². The molecule has 0 atom stereocenters. The van der Waals surface area contributed by atoms with Crippen LogP contribution in [0.1, 0.15) is 32.8 Å². The van der Waals surface area contributed by atoms with Crippen LogP contribution in [-0.2, 0) is 4.74 Å². The lowest BCUT2D eigenvalue weighted by molar-refractivity contribution is 0.00542. The Balaban J connectivity index is 2.80. The molecule has 1 aromatic rings. The lowest BCUT2D eigenvalue weighted by Gasteiger charge is -2.23. The van der Waals surface area contributed by atoms with Gasteiger partial charge in [0.15, 0.2) is 0 Å². The minimum atomic E-state index is -0.393. The standard InChI is InChI=1S/C14H20FNO3/c1-10(16-17)12-6-5-11(15)9-13(12)19-8-7-14(2,3)18-4/h5-6,9,17H,7-8H2,1-4H3/b16-10+. The maximum Gasteiger partial charge on any atom is 0.131 e. The summed E-state index contributed by atoms with van der Waals surface area (Å²) in [4.78, 5) is 0. The molecule has 0 radical (unpaired) electrons. The average Bonchev–Trinajstić information content (AvgIpc) is 2.38. The number of oxime groups is 1. The highest BCUT2D eigenvalue weighted by Gasteiger charge is 2.17. The van der Waals surface area contributed by atoms with E-state index in [1.165, 1.54) is 18.2 Å². The van der Waals surface area contributed by atoms with Crippen molar-refractivity contribution in [1.82, 2.24) is 0 Å². The van der Waals surface area contributed by atoms with Crippen LogP contribution in [0.15, 0.2) is 23.4 Å². The average molecular weight is 269 g/mol. The number of rotatable bonds is 6. The number of halogens is 1. The van der Waals surface area contributed by atoms with E-state index in [0.29, 0.717) is 30.1 Å². The van der Waals surface area contributed by atoms with Crippen LogP contribution in [0.3, 0.4) is 0 Å². The molecule has 0 spiro atoms. The van der Waals surface area contributed by atoms with E-state index >= 15 is 0 Å². The van der Waals surface area contributed by atoms with E-state index < -0.39 is 5.82 Å². The Labute approximate surface area is 112 Å². The molecule has 0 aromatic heterocycles. The van der Waals surface area contributed by atoms with Gasteiger partial charge in [-0.25, -0.2) is 4.39 Å². The summed E-state index contributed by atoms with van der Waals surface area (Å²) in [7, 11) is 1.64. The van der Waals surface area contributed by atoms with Crippen molar-refractivity contribution in [2.45, 2.75) is 32.8 Å². The zero-order valence-corrected chi connectivity index (χ0v) is 11.7. The molecule has 0 saturated carbocycles. The maximum atomic E-state index is 13.2. The molecule has 1 aromatic carbocycles. The number of methoxy groups -OCH3 is 1. The van der Waals surface area contributed by atoms with Crippen LogP contribution in [0.2, 0.25) is 0 Å². The summed E-state index contributed by atoms with van der Waals surface area (Å²) < 4.78 is 24.1. The molecule has 1 N–H and O–H groups in total. The largest absolute Gasteiger partial charge is 0.493 e. The number of hydrogen-bond donors (Lipinski definition) is 1. The lowest BCUT2D eigenvalue weighted by Crippen LogP contribution is -2.25. The summed E-state index contributed by atoms with van der Waals surface area (Å²) in [5, 5.41) is 11.9. The molecule has 0 heterocycles. The molecule has 0 fully saturated rings. The van der Waals surface area contributed by atoms with Gasteiger partial charge in [0.1, 0.15) is 11.6 Å². The quantitative estimate of drug-likeness (QED) is 0.490. The monoisotopic (exact) mass is 269 g/mol. The third-order valence-electron chi connectivity index (χ3n) is 3.00. The fraction of sp³-hybridized carbons (Fsp3) is 0.500. The fourth-order valence-electron chi connectivity index (χ4n) is 1.48. The Hall–Kier alpha value is -1.62. The first-order valence-electron chi connectivity index (χ1n) is 6.06. The first kappa shape index (κ1) is 15.4. The third kappa shape index (κ3) is 4.52. The van der Waals surface area contributed by atoms with Gasteiger partial charge in [0, 0.05) is 25.2 Å². The smallest absolute Gasteiger partial charge is 0.131 e. The van der Waals surface area contributed by atoms with Crippen LogP contribution in [0, 0.1) is 5.82 Å². The second kappa shape index (κ2) is 6.52. The lowest BCUT2D eigenvalue weighted by atomic mass is 10.1. The number of ether oxygens (including phenoxy) is 2. The molecule has 0 amide bonds. The van der Waals surface area contributed by atoms with E-state index in [1.807, 2.05) is 13.8 Å². The minimum Gasteiger partial charge on any atom is -0.493 e. The number of nitrogens with zero attached hydrogens (tertiary/aromatic N) is 1. The second-order valence-electron chi connectivity index (χ2n) is 4.89. The highest BCUT2D eigenvalue weighted by molar-refractivity contribution is 6.00. The Morgan fingerprint density at radius 3 is 2.68 bits per heavy atom. The van der Waals surface area contributed by atoms with Gasteiger partial charge in [0.05, 0.1) is 17.9 Å². The molecule has 106 valence electrons. The van der Waals surface area contributed by atoms with Crippen molar-refractivity contribution in [3.63, 3.8) is 0 Å². The van der Waals surface area contributed by atoms with E-state index in [-0.39, 0.29) is 5.60 Å². The van der Waals surface area contributed by atoms with E-state index in [4.69, 9.17) is 14.7 Å². The summed E-state index contributed by atoms with van der Waals surface area (Å²) in [5.41, 5.74) is 0.647. The summed E-state index contributed by atoms with van der Waals surface area (Å²) >= 11 is 0. The highest BCUT2D eigenvalue weighted by atomic mass is 19.1. The zero-order valence-electron chi connectivity index (χ0n) is 11.7. The summed E-state index contributed by atoms with van der Waals surface area (Å²) in [5.74, 6) is -0.0299. The first-order chi connectivity index (χ1) is 8.89. The van der Waals surface area contributed by atoms with Crippen LogP contribution in [0.4, 0.5) is 4.39 Å². The van der Waals surface area contributed by atoms with Crippen LogP contribution in [0.5, 0.6) is 5.75 Å². The zero-order chi connectivity index (χ0) is 14.5. The van der Waals surface area contributed by atoms with E-state index in [1.54, 1.807) is 14.0 Å². The van der Waals surface area contributed by atoms with Crippen molar-refractivity contribution in [1.29, 1.82) is 0 Å². The van der Waals surface area contributed by atoms with E-state index in [0.717, 1.165) is 0 Å². The Bertz CT molecular complexity index is 458. The molecule has 0 aliphatic heterocycles. The van der Waals surface area contributed by atoms with Gasteiger partial charge in [-0.1, -0.05) is 5.16 Å². The molecule has 5 heteroatoms. The SMILES string of the molecule is COC(C)(C)CCOc1cc(F)ccc1/C(C)=N/O. The molecule has 0 aliphatic carbocycles. The van der Waals surface area contributed by atoms with Gasteiger partial charge in [-0.3, -0.25) is 0 Å². The Morgan fingerprint density at radius 1 is 1.42 bits per heavy atom. The number of hydrogen-bond acceptors (Lipinski definition) is 4. The third-order valence-corrected chi connectivity index (χ3v) is 3.00. The maximum absolute atomic E-state index is 13.2. The van der Waals surface area contributed by atoms with Crippen LogP contribution in [-0.4, -0.2) is 30.2 Å². The van der Waals surface area contributed by atoms with Crippen molar-refractivity contribution in [3.8, 4) is 5.75 Å². The van der Waals surface area contributed by atoms with Crippen molar-refractivity contribution in [3.05, 3.63) is 29.6 Å².